The number of anilines is 2. The Morgan fingerprint density at radius 2 is 1.93 bits per heavy atom. The molecule has 1 aromatic heterocycles. The zero-order chi connectivity index (χ0) is 21.1. The average Bonchev–Trinajstić information content (AvgIpc) is 2.62. The summed E-state index contributed by atoms with van der Waals surface area (Å²) in [5.74, 6) is -0.758. The molecule has 1 amide bonds. The molecule has 156 valence electrons. The first kappa shape index (κ1) is 23.7. The summed E-state index contributed by atoms with van der Waals surface area (Å²) in [6.07, 6.45) is 7.43. The molecule has 0 aromatic carbocycles. The van der Waals surface area contributed by atoms with E-state index < -0.39 is 16.4 Å². The molecule has 1 aliphatic rings. The standard InChI is InChI=1S/C9H12ClN7O3S.C6H13N/c1-4(2)14-8-6(10)15-5(7(11)16-8)9(18)12-3-13-17-21(19)20;7-6-4-2-1-3-5-6/h3-4H,1-2H3,(H3,11,14,16)(H,12,13,18);6H,1-5,7H2. The monoisotopic (exact) mass is 432 g/mol. The van der Waals surface area contributed by atoms with Gasteiger partial charge in [0, 0.05) is 12.1 Å². The van der Waals surface area contributed by atoms with E-state index in [4.69, 9.17) is 23.1 Å². The minimum atomic E-state index is -2.66. The largest absolute Gasteiger partial charge is 0.382 e. The summed E-state index contributed by atoms with van der Waals surface area (Å²) >= 11 is 5.88. The van der Waals surface area contributed by atoms with Crippen LogP contribution in [0.2, 0.25) is 5.15 Å². The SMILES string of the molecule is CC(C)Nc1nc(N)c(C(=O)N=CNN=S(=O)=O)nc1Cl.NC1CCCCC1. The van der Waals surface area contributed by atoms with Gasteiger partial charge in [-0.25, -0.2) is 9.97 Å². The molecule has 0 unspecified atom stereocenters. The molecule has 1 aromatic rings. The van der Waals surface area contributed by atoms with Crippen molar-refractivity contribution in [2.45, 2.75) is 58.0 Å². The fraction of sp³-hybridized carbons (Fsp3) is 0.600. The first-order chi connectivity index (χ1) is 13.2. The maximum atomic E-state index is 11.7. The molecule has 1 aliphatic carbocycles. The van der Waals surface area contributed by atoms with Crippen LogP contribution in [0.1, 0.15) is 56.4 Å². The number of nitrogens with one attached hydrogen (secondary N) is 2. The quantitative estimate of drug-likeness (QED) is 0.305. The van der Waals surface area contributed by atoms with Crippen molar-refractivity contribution < 1.29 is 13.2 Å². The molecular formula is C15H25ClN8O3S. The van der Waals surface area contributed by atoms with Crippen molar-refractivity contribution in [2.24, 2.45) is 15.2 Å². The highest BCUT2D eigenvalue weighted by Crippen LogP contribution is 2.21. The average molecular weight is 433 g/mol. The number of carbonyl (C=O) groups is 1. The van der Waals surface area contributed by atoms with E-state index in [1.807, 2.05) is 19.3 Å². The number of hydrogen-bond donors (Lipinski definition) is 4. The van der Waals surface area contributed by atoms with Gasteiger partial charge in [0.25, 0.3) is 0 Å². The van der Waals surface area contributed by atoms with E-state index in [2.05, 4.69) is 24.7 Å². The number of carbonyl (C=O) groups excluding carboxylic acids is 1. The lowest BCUT2D eigenvalue weighted by atomic mass is 9.97. The van der Waals surface area contributed by atoms with Crippen LogP contribution < -0.4 is 22.2 Å². The zero-order valence-electron chi connectivity index (χ0n) is 15.7. The number of amides is 1. The predicted octanol–water partition coefficient (Wildman–Crippen LogP) is 1.55. The Bertz CT molecular complexity index is 815. The molecule has 2 rings (SSSR count). The van der Waals surface area contributed by atoms with Crippen molar-refractivity contribution in [3.63, 3.8) is 0 Å². The summed E-state index contributed by atoms with van der Waals surface area (Å²) in [4.78, 5) is 22.8. The van der Waals surface area contributed by atoms with Gasteiger partial charge in [-0.2, -0.15) is 13.4 Å². The van der Waals surface area contributed by atoms with Crippen molar-refractivity contribution in [1.29, 1.82) is 0 Å². The first-order valence-electron chi connectivity index (χ1n) is 8.68. The Hall–Kier alpha value is -2.31. The van der Waals surface area contributed by atoms with Gasteiger partial charge >= 0.3 is 16.4 Å². The summed E-state index contributed by atoms with van der Waals surface area (Å²) in [6.45, 7) is 3.74. The number of rotatable bonds is 5. The number of halogens is 1. The van der Waals surface area contributed by atoms with E-state index in [1.54, 1.807) is 0 Å². The molecule has 0 saturated heterocycles. The molecule has 6 N–H and O–H groups in total. The van der Waals surface area contributed by atoms with Crippen molar-refractivity contribution in [3.05, 3.63) is 10.8 Å². The number of nitrogens with two attached hydrogens (primary N) is 2. The van der Waals surface area contributed by atoms with Crippen LogP contribution in [0, 0.1) is 0 Å². The molecule has 0 radical (unpaired) electrons. The molecule has 0 aliphatic heterocycles. The number of hydrogen-bond acceptors (Lipinski definition) is 9. The highest BCUT2D eigenvalue weighted by molar-refractivity contribution is 7.61. The topological polar surface area (TPSA) is 178 Å². The van der Waals surface area contributed by atoms with E-state index in [0.29, 0.717) is 6.04 Å². The lowest BCUT2D eigenvalue weighted by molar-refractivity contribution is 0.0999. The second kappa shape index (κ2) is 12.2. The zero-order valence-corrected chi connectivity index (χ0v) is 17.3. The van der Waals surface area contributed by atoms with Crippen LogP contribution >= 0.6 is 11.6 Å². The Kier molecular flexibility index (Phi) is 10.3. The molecule has 0 spiro atoms. The lowest BCUT2D eigenvalue weighted by Crippen LogP contribution is -2.22. The molecule has 1 saturated carbocycles. The van der Waals surface area contributed by atoms with Crippen molar-refractivity contribution in [2.75, 3.05) is 11.1 Å². The van der Waals surface area contributed by atoms with Crippen LogP contribution in [0.5, 0.6) is 0 Å². The third-order valence-corrected chi connectivity index (χ3v) is 4.04. The van der Waals surface area contributed by atoms with Gasteiger partial charge in [0.05, 0.1) is 0 Å². The van der Waals surface area contributed by atoms with Gasteiger partial charge in [-0.05, 0) is 26.7 Å². The normalized spacial score (nSPS) is 14.3. The second-order valence-corrected chi connectivity index (χ2v) is 7.27. The predicted molar refractivity (Wildman–Crippen MR) is 109 cm³/mol. The molecule has 13 heteroatoms. The van der Waals surface area contributed by atoms with Crippen LogP contribution in [-0.4, -0.2) is 42.7 Å². The molecule has 1 heterocycles. The fourth-order valence-electron chi connectivity index (χ4n) is 2.30. The molecule has 0 atom stereocenters. The highest BCUT2D eigenvalue weighted by Gasteiger charge is 2.16. The first-order valence-corrected chi connectivity index (χ1v) is 10.1. The minimum Gasteiger partial charge on any atom is -0.382 e. The number of aliphatic imine (C=N–C) groups is 1. The van der Waals surface area contributed by atoms with Crippen LogP contribution in [0.4, 0.5) is 11.6 Å². The van der Waals surface area contributed by atoms with Crippen molar-refractivity contribution in [1.82, 2.24) is 15.4 Å². The van der Waals surface area contributed by atoms with Gasteiger partial charge in [0.1, 0.15) is 6.34 Å². The van der Waals surface area contributed by atoms with Crippen LogP contribution in [0.3, 0.4) is 0 Å². The Labute approximate surface area is 170 Å². The summed E-state index contributed by atoms with van der Waals surface area (Å²) in [5.41, 5.74) is 12.9. The fourth-order valence-corrected chi connectivity index (χ4v) is 2.61. The van der Waals surface area contributed by atoms with Gasteiger partial charge in [-0.1, -0.05) is 35.3 Å². The van der Waals surface area contributed by atoms with Crippen molar-refractivity contribution >= 4 is 46.0 Å². The second-order valence-electron chi connectivity index (χ2n) is 6.29. The summed E-state index contributed by atoms with van der Waals surface area (Å²) < 4.78 is 23.0. The number of nitrogens with zero attached hydrogens (tertiary/aromatic N) is 4. The Balaban J connectivity index is 0.000000467. The van der Waals surface area contributed by atoms with Gasteiger partial charge in [0.2, 0.25) is 0 Å². The number of aromatic nitrogens is 2. The third-order valence-electron chi connectivity index (χ3n) is 3.52. The van der Waals surface area contributed by atoms with Crippen molar-refractivity contribution in [3.8, 4) is 0 Å². The summed E-state index contributed by atoms with van der Waals surface area (Å²) in [5, 5.41) is 2.88. The van der Waals surface area contributed by atoms with E-state index in [1.165, 1.54) is 32.1 Å². The summed E-state index contributed by atoms with van der Waals surface area (Å²) in [6, 6.07) is 0.586. The van der Waals surface area contributed by atoms with Gasteiger partial charge < -0.3 is 16.8 Å². The Morgan fingerprint density at radius 1 is 1.29 bits per heavy atom. The van der Waals surface area contributed by atoms with E-state index >= 15 is 0 Å². The maximum absolute atomic E-state index is 11.7. The highest BCUT2D eigenvalue weighted by atomic mass is 35.5. The molecule has 0 bridgehead atoms. The van der Waals surface area contributed by atoms with E-state index in [9.17, 15) is 13.2 Å². The Morgan fingerprint density at radius 3 is 2.43 bits per heavy atom. The number of nitrogen functional groups attached to an aromatic ring is 1. The van der Waals surface area contributed by atoms with Gasteiger partial charge in [-0.15, -0.1) is 0 Å². The molecule has 28 heavy (non-hydrogen) atoms. The minimum absolute atomic E-state index is 0.0326. The smallest absolute Gasteiger partial charge is 0.332 e. The van der Waals surface area contributed by atoms with Gasteiger partial charge in [0.15, 0.2) is 22.5 Å². The molecule has 1 fully saturated rings. The molecular weight excluding hydrogens is 408 g/mol. The maximum Gasteiger partial charge on any atom is 0.332 e. The third kappa shape index (κ3) is 9.06. The van der Waals surface area contributed by atoms with Gasteiger partial charge in [-0.3, -0.25) is 10.2 Å². The molecule has 11 nitrogen and oxygen atoms in total. The van der Waals surface area contributed by atoms with Crippen LogP contribution in [-0.2, 0) is 10.5 Å². The summed E-state index contributed by atoms with van der Waals surface area (Å²) in [7, 11) is -2.66. The lowest BCUT2D eigenvalue weighted by Gasteiger charge is -2.15. The van der Waals surface area contributed by atoms with Crippen LogP contribution in [0.25, 0.3) is 0 Å². The van der Waals surface area contributed by atoms with E-state index in [-0.39, 0.29) is 28.5 Å². The van der Waals surface area contributed by atoms with Crippen LogP contribution in [0.15, 0.2) is 9.46 Å². The van der Waals surface area contributed by atoms with E-state index in [0.717, 1.165) is 6.34 Å².